The van der Waals surface area contributed by atoms with Gasteiger partial charge in [-0.15, -0.1) is 0 Å². The van der Waals surface area contributed by atoms with Crippen LogP contribution in [0.5, 0.6) is 0 Å². The number of hydrogen-bond donors (Lipinski definition) is 0. The lowest BCUT2D eigenvalue weighted by molar-refractivity contribution is -0.149. The quantitative estimate of drug-likeness (QED) is 0.398. The van der Waals surface area contributed by atoms with E-state index in [0.29, 0.717) is 0 Å². The van der Waals surface area contributed by atoms with Crippen molar-refractivity contribution in [3.8, 4) is 0 Å². The number of carbonyl (C=O) groups is 1. The molecular weight excluding hydrogens is 355 g/mol. The highest BCUT2D eigenvalue weighted by Gasteiger charge is 2.44. The van der Waals surface area contributed by atoms with Crippen molar-refractivity contribution in [3.63, 3.8) is 0 Å². The third-order valence-corrected chi connectivity index (χ3v) is 5.05. The topological polar surface area (TPSA) is 41.9 Å². The van der Waals surface area contributed by atoms with E-state index in [4.69, 9.17) is 39.5 Å². The number of esters is 1. The first-order valence-electron chi connectivity index (χ1n) is 6.59. The number of thioether (sulfide) groups is 1. The summed E-state index contributed by atoms with van der Waals surface area (Å²) in [4.78, 5) is 12.0. The molecule has 0 spiro atoms. The summed E-state index contributed by atoms with van der Waals surface area (Å²) in [5, 5.41) is 7.77. The molecule has 0 saturated carbocycles. The maximum Gasteiger partial charge on any atom is 0.334 e. The number of carbonyl (C=O) groups excluding carboxylic acids is 1. The van der Waals surface area contributed by atoms with Gasteiger partial charge in [-0.2, -0.15) is 5.10 Å². The number of nitrogens with zero attached hydrogens (tertiary/aromatic N) is 2. The van der Waals surface area contributed by atoms with Gasteiger partial charge in [-0.05, 0) is 27.2 Å². The Labute approximate surface area is 144 Å². The zero-order valence-corrected chi connectivity index (χ0v) is 15.5. The van der Waals surface area contributed by atoms with Gasteiger partial charge in [-0.1, -0.05) is 59.9 Å². The van der Waals surface area contributed by atoms with Crippen molar-refractivity contribution in [3.05, 3.63) is 11.1 Å². The van der Waals surface area contributed by atoms with Crippen molar-refractivity contribution in [2.75, 3.05) is 6.54 Å². The van der Waals surface area contributed by atoms with Crippen LogP contribution in [0.3, 0.4) is 0 Å². The molecule has 1 aliphatic heterocycles. The molecule has 1 heterocycles. The van der Waals surface area contributed by atoms with E-state index in [9.17, 15) is 4.79 Å². The molecule has 0 fully saturated rings. The van der Waals surface area contributed by atoms with Crippen molar-refractivity contribution >= 4 is 57.6 Å². The number of hydrogen-bond acceptors (Lipinski definition) is 5. The summed E-state index contributed by atoms with van der Waals surface area (Å²) < 4.78 is 3.55. The molecule has 120 valence electrons. The second-order valence-corrected chi connectivity index (χ2v) is 8.60. The number of alkyl halides is 3. The van der Waals surface area contributed by atoms with E-state index >= 15 is 0 Å². The monoisotopic (exact) mass is 372 g/mol. The predicted octanol–water partition coefficient (Wildman–Crippen LogP) is 4.70. The fraction of sp³-hybridized carbons (Fsp3) is 0.692. The number of rotatable bonds is 5. The molecular formula is C13H19Cl3N2O2S. The molecule has 0 bridgehead atoms. The fourth-order valence-corrected chi connectivity index (χ4v) is 2.41. The van der Waals surface area contributed by atoms with Crippen LogP contribution in [-0.2, 0) is 9.53 Å². The summed E-state index contributed by atoms with van der Waals surface area (Å²) >= 11 is 18.8. The summed E-state index contributed by atoms with van der Waals surface area (Å²) in [5.74, 6) is -0.555. The Bertz CT molecular complexity index is 459. The van der Waals surface area contributed by atoms with Gasteiger partial charge in [0, 0.05) is 6.54 Å². The molecule has 0 saturated heterocycles. The molecule has 0 amide bonds. The summed E-state index contributed by atoms with van der Waals surface area (Å²) in [6, 6.07) is 0. The Morgan fingerprint density at radius 3 is 2.57 bits per heavy atom. The van der Waals surface area contributed by atoms with Crippen LogP contribution in [0, 0.1) is 0 Å². The first-order valence-corrected chi connectivity index (χ1v) is 8.54. The van der Waals surface area contributed by atoms with Crippen LogP contribution in [0.15, 0.2) is 16.2 Å². The second kappa shape index (κ2) is 7.44. The van der Waals surface area contributed by atoms with Crippen molar-refractivity contribution in [2.45, 2.75) is 49.9 Å². The Kier molecular flexibility index (Phi) is 6.72. The molecule has 0 aromatic heterocycles. The third-order valence-electron chi connectivity index (χ3n) is 2.77. The normalized spacial score (nSPS) is 18.1. The van der Waals surface area contributed by atoms with Crippen LogP contribution in [-0.4, -0.2) is 32.0 Å². The van der Waals surface area contributed by atoms with E-state index in [-0.39, 0.29) is 0 Å². The van der Waals surface area contributed by atoms with Crippen LogP contribution in [0.2, 0.25) is 0 Å². The van der Waals surface area contributed by atoms with E-state index in [1.54, 1.807) is 18.9 Å². The molecule has 0 aromatic carbocycles. The van der Waals surface area contributed by atoms with Crippen molar-refractivity contribution < 1.29 is 9.53 Å². The molecule has 0 aliphatic carbocycles. The van der Waals surface area contributed by atoms with Gasteiger partial charge in [0.15, 0.2) is 5.60 Å². The van der Waals surface area contributed by atoms with Gasteiger partial charge in [-0.25, -0.2) is 4.79 Å². The lowest BCUT2D eigenvalue weighted by Gasteiger charge is -2.31. The molecule has 8 heteroatoms. The Balaban J connectivity index is 2.76. The van der Waals surface area contributed by atoms with E-state index in [1.807, 2.05) is 6.92 Å². The summed E-state index contributed by atoms with van der Waals surface area (Å²) in [5.41, 5.74) is -1.22. The van der Waals surface area contributed by atoms with Crippen molar-refractivity contribution in [1.82, 2.24) is 5.01 Å². The average Bonchev–Trinajstić information content (AvgIpc) is 2.64. The number of ether oxygens (including phenoxy) is 1. The predicted molar refractivity (Wildman–Crippen MR) is 90.9 cm³/mol. The largest absolute Gasteiger partial charge is 0.452 e. The maximum atomic E-state index is 12.0. The van der Waals surface area contributed by atoms with Crippen LogP contribution < -0.4 is 0 Å². The van der Waals surface area contributed by atoms with Crippen molar-refractivity contribution in [2.24, 2.45) is 5.10 Å². The number of unbranched alkanes of at least 4 members (excludes halogenated alkanes) is 1. The highest BCUT2D eigenvalue weighted by molar-refractivity contribution is 8.17. The van der Waals surface area contributed by atoms with Crippen molar-refractivity contribution in [1.29, 1.82) is 0 Å². The number of halogens is 3. The summed E-state index contributed by atoms with van der Waals surface area (Å²) in [6.07, 6.45) is 3.43. The molecule has 21 heavy (non-hydrogen) atoms. The minimum absolute atomic E-state index is 0.555. The second-order valence-electron chi connectivity index (χ2n) is 5.11. The van der Waals surface area contributed by atoms with Gasteiger partial charge >= 0.3 is 5.97 Å². The lowest BCUT2D eigenvalue weighted by Crippen LogP contribution is -2.41. The van der Waals surface area contributed by atoms with Crippen LogP contribution in [0.1, 0.15) is 40.5 Å². The standard InChI is InChI=1S/C13H19Cl3N2O2S/c1-5-6-7-18-10(21-9(2)17-18)8-11(19)20-12(3,4)13(14,15)16/h8H,5-7H2,1-4H3/b10-8-. The lowest BCUT2D eigenvalue weighted by atomic mass is 10.2. The maximum absolute atomic E-state index is 12.0. The average molecular weight is 374 g/mol. The van der Waals surface area contributed by atoms with E-state index in [0.717, 1.165) is 29.5 Å². The van der Waals surface area contributed by atoms with Gasteiger partial charge in [0.25, 0.3) is 0 Å². The highest BCUT2D eigenvalue weighted by atomic mass is 35.6. The van der Waals surface area contributed by atoms with Crippen LogP contribution in [0.25, 0.3) is 0 Å². The molecule has 0 radical (unpaired) electrons. The zero-order chi connectivity index (χ0) is 16.3. The Morgan fingerprint density at radius 1 is 1.43 bits per heavy atom. The van der Waals surface area contributed by atoms with Crippen LogP contribution in [0.4, 0.5) is 0 Å². The molecule has 0 atom stereocenters. The molecule has 1 aliphatic rings. The van der Waals surface area contributed by atoms with Crippen LogP contribution >= 0.6 is 46.6 Å². The highest BCUT2D eigenvalue weighted by Crippen LogP contribution is 2.40. The van der Waals surface area contributed by atoms with Gasteiger partial charge in [0.1, 0.15) is 5.03 Å². The van der Waals surface area contributed by atoms with E-state index in [1.165, 1.54) is 17.8 Å². The Hall–Kier alpha value is -0.100. The van der Waals surface area contributed by atoms with E-state index in [2.05, 4.69) is 12.0 Å². The SMILES string of the molecule is CCCCN1N=C(C)S/C1=C\C(=O)OC(C)(C)C(Cl)(Cl)Cl. The molecule has 0 unspecified atom stereocenters. The molecule has 0 N–H and O–H groups in total. The van der Waals surface area contributed by atoms with Gasteiger partial charge in [0.05, 0.1) is 11.1 Å². The van der Waals surface area contributed by atoms with E-state index < -0.39 is 15.4 Å². The zero-order valence-electron chi connectivity index (χ0n) is 12.5. The number of hydrazone groups is 1. The minimum Gasteiger partial charge on any atom is -0.452 e. The first-order chi connectivity index (χ1) is 9.56. The van der Waals surface area contributed by atoms with Gasteiger partial charge in [-0.3, -0.25) is 5.01 Å². The smallest absolute Gasteiger partial charge is 0.334 e. The first kappa shape index (κ1) is 18.9. The molecule has 1 rings (SSSR count). The Morgan fingerprint density at radius 2 is 2.05 bits per heavy atom. The third kappa shape index (κ3) is 5.55. The van der Waals surface area contributed by atoms with Gasteiger partial charge < -0.3 is 4.74 Å². The summed E-state index contributed by atoms with van der Waals surface area (Å²) in [6.45, 7) is 7.85. The summed E-state index contributed by atoms with van der Waals surface area (Å²) in [7, 11) is 0. The van der Waals surface area contributed by atoms with Gasteiger partial charge in [0.2, 0.25) is 3.79 Å². The molecule has 0 aromatic rings. The fourth-order valence-electron chi connectivity index (χ4n) is 1.46. The molecule has 4 nitrogen and oxygen atoms in total. The minimum atomic E-state index is -1.70.